The lowest BCUT2D eigenvalue weighted by Crippen LogP contribution is -2.01. The molecule has 0 amide bonds. The summed E-state index contributed by atoms with van der Waals surface area (Å²) in [6.07, 6.45) is 3.43. The molecule has 4 heteroatoms. The van der Waals surface area contributed by atoms with Gasteiger partial charge in [-0.05, 0) is 36.8 Å². The summed E-state index contributed by atoms with van der Waals surface area (Å²) in [5.74, 6) is -0.924. The molecule has 1 aromatic carbocycles. The number of benzene rings is 1. The van der Waals surface area contributed by atoms with E-state index in [0.717, 1.165) is 11.3 Å². The predicted octanol–water partition coefficient (Wildman–Crippen LogP) is 1.88. The van der Waals surface area contributed by atoms with Gasteiger partial charge in [0, 0.05) is 12.4 Å². The number of hydrogen-bond donors (Lipinski definition) is 1. The molecular weight excluding hydrogens is 192 g/mol. The number of nitrogens with zero attached hydrogens (tertiary/aromatic N) is 2. The molecule has 76 valence electrons. The molecule has 0 saturated carbocycles. The van der Waals surface area contributed by atoms with Gasteiger partial charge in [-0.3, -0.25) is 0 Å². The Morgan fingerprint density at radius 2 is 2.20 bits per heavy atom. The van der Waals surface area contributed by atoms with Crippen molar-refractivity contribution in [1.82, 2.24) is 9.78 Å². The minimum absolute atomic E-state index is 0.278. The molecular formula is C11H10N2O2. The van der Waals surface area contributed by atoms with Crippen molar-refractivity contribution >= 4 is 5.97 Å². The van der Waals surface area contributed by atoms with Crippen LogP contribution in [0.3, 0.4) is 0 Å². The number of aryl methyl sites for hydroxylation is 1. The van der Waals surface area contributed by atoms with Crippen LogP contribution in [-0.4, -0.2) is 20.9 Å². The fraction of sp³-hybridized carbons (Fsp3) is 0.0909. The van der Waals surface area contributed by atoms with Crippen LogP contribution in [0.5, 0.6) is 0 Å². The number of carboxylic acids is 1. The van der Waals surface area contributed by atoms with Gasteiger partial charge in [-0.25, -0.2) is 9.48 Å². The van der Waals surface area contributed by atoms with Gasteiger partial charge in [0.05, 0.1) is 11.3 Å². The second-order valence-electron chi connectivity index (χ2n) is 3.31. The smallest absolute Gasteiger partial charge is 0.335 e. The zero-order valence-corrected chi connectivity index (χ0v) is 8.21. The largest absolute Gasteiger partial charge is 0.478 e. The Morgan fingerprint density at radius 1 is 1.40 bits per heavy atom. The second-order valence-corrected chi connectivity index (χ2v) is 3.31. The maximum Gasteiger partial charge on any atom is 0.335 e. The molecule has 15 heavy (non-hydrogen) atoms. The van der Waals surface area contributed by atoms with Crippen molar-refractivity contribution in [3.63, 3.8) is 0 Å². The first-order chi connectivity index (χ1) is 7.16. The third-order valence-corrected chi connectivity index (χ3v) is 2.08. The monoisotopic (exact) mass is 202 g/mol. The van der Waals surface area contributed by atoms with Crippen LogP contribution >= 0.6 is 0 Å². The quantitative estimate of drug-likeness (QED) is 0.808. The molecule has 2 rings (SSSR count). The summed E-state index contributed by atoms with van der Waals surface area (Å²) in [5.41, 5.74) is 1.94. The molecule has 1 N–H and O–H groups in total. The predicted molar refractivity (Wildman–Crippen MR) is 55.3 cm³/mol. The van der Waals surface area contributed by atoms with Crippen molar-refractivity contribution < 1.29 is 9.90 Å². The zero-order valence-electron chi connectivity index (χ0n) is 8.21. The second kappa shape index (κ2) is 3.57. The van der Waals surface area contributed by atoms with Crippen molar-refractivity contribution in [3.05, 3.63) is 47.8 Å². The first-order valence-electron chi connectivity index (χ1n) is 4.52. The third kappa shape index (κ3) is 1.88. The van der Waals surface area contributed by atoms with Crippen LogP contribution < -0.4 is 0 Å². The number of carboxylic acid groups (broad SMARTS) is 1. The van der Waals surface area contributed by atoms with E-state index in [9.17, 15) is 4.79 Å². The maximum absolute atomic E-state index is 10.8. The Bertz CT molecular complexity index is 489. The van der Waals surface area contributed by atoms with Gasteiger partial charge >= 0.3 is 5.97 Å². The van der Waals surface area contributed by atoms with Gasteiger partial charge in [0.2, 0.25) is 0 Å². The highest BCUT2D eigenvalue weighted by atomic mass is 16.4. The van der Waals surface area contributed by atoms with Crippen molar-refractivity contribution in [1.29, 1.82) is 0 Å². The zero-order chi connectivity index (χ0) is 10.8. The number of carbonyl (C=O) groups is 1. The van der Waals surface area contributed by atoms with Gasteiger partial charge in [0.15, 0.2) is 0 Å². The summed E-state index contributed by atoms with van der Waals surface area (Å²) in [5, 5.41) is 13.0. The average molecular weight is 202 g/mol. The standard InChI is InChI=1S/C11H10N2O2/c1-8-5-9(11(14)15)7-10(6-8)13-4-2-3-12-13/h2-7H,1H3,(H,14,15). The van der Waals surface area contributed by atoms with E-state index in [1.165, 1.54) is 0 Å². The van der Waals surface area contributed by atoms with E-state index < -0.39 is 5.97 Å². The van der Waals surface area contributed by atoms with Crippen molar-refractivity contribution in [3.8, 4) is 5.69 Å². The highest BCUT2D eigenvalue weighted by Gasteiger charge is 2.06. The van der Waals surface area contributed by atoms with Gasteiger partial charge in [0.1, 0.15) is 0 Å². The Hall–Kier alpha value is -2.10. The molecule has 0 saturated heterocycles. The summed E-state index contributed by atoms with van der Waals surface area (Å²) in [6, 6.07) is 6.92. The van der Waals surface area contributed by atoms with Gasteiger partial charge in [0.25, 0.3) is 0 Å². The van der Waals surface area contributed by atoms with Gasteiger partial charge in [-0.2, -0.15) is 5.10 Å². The van der Waals surface area contributed by atoms with Gasteiger partial charge < -0.3 is 5.11 Å². The molecule has 1 heterocycles. The molecule has 0 fully saturated rings. The van der Waals surface area contributed by atoms with Crippen molar-refractivity contribution in [2.75, 3.05) is 0 Å². The Kier molecular flexibility index (Phi) is 2.25. The number of rotatable bonds is 2. The van der Waals surface area contributed by atoms with E-state index in [2.05, 4.69) is 5.10 Å². The van der Waals surface area contributed by atoms with Crippen LogP contribution in [-0.2, 0) is 0 Å². The summed E-state index contributed by atoms with van der Waals surface area (Å²) in [6.45, 7) is 1.86. The van der Waals surface area contributed by atoms with Gasteiger partial charge in [-0.1, -0.05) is 0 Å². The van der Waals surface area contributed by atoms with E-state index in [4.69, 9.17) is 5.11 Å². The maximum atomic E-state index is 10.8. The lowest BCUT2D eigenvalue weighted by atomic mass is 10.1. The van der Waals surface area contributed by atoms with E-state index in [1.807, 2.05) is 13.0 Å². The summed E-state index contributed by atoms with van der Waals surface area (Å²) >= 11 is 0. The van der Waals surface area contributed by atoms with E-state index >= 15 is 0 Å². The van der Waals surface area contributed by atoms with Crippen LogP contribution in [0, 0.1) is 6.92 Å². The highest BCUT2D eigenvalue weighted by molar-refractivity contribution is 5.88. The lowest BCUT2D eigenvalue weighted by molar-refractivity contribution is 0.0696. The average Bonchev–Trinajstić information content (AvgIpc) is 2.69. The summed E-state index contributed by atoms with van der Waals surface area (Å²) < 4.78 is 1.64. The minimum Gasteiger partial charge on any atom is -0.478 e. The number of aromatic nitrogens is 2. The van der Waals surface area contributed by atoms with E-state index in [1.54, 1.807) is 35.3 Å². The first kappa shape index (κ1) is 9.45. The fourth-order valence-electron chi connectivity index (χ4n) is 1.44. The molecule has 0 spiro atoms. The van der Waals surface area contributed by atoms with E-state index in [0.29, 0.717) is 0 Å². The minimum atomic E-state index is -0.924. The van der Waals surface area contributed by atoms with Crippen LogP contribution in [0.1, 0.15) is 15.9 Å². The number of hydrogen-bond acceptors (Lipinski definition) is 2. The first-order valence-corrected chi connectivity index (χ1v) is 4.52. The number of aromatic carboxylic acids is 1. The van der Waals surface area contributed by atoms with Crippen LogP contribution in [0.4, 0.5) is 0 Å². The molecule has 0 atom stereocenters. The van der Waals surface area contributed by atoms with E-state index in [-0.39, 0.29) is 5.56 Å². The molecule has 2 aromatic rings. The normalized spacial score (nSPS) is 10.2. The molecule has 0 bridgehead atoms. The van der Waals surface area contributed by atoms with Crippen LogP contribution in [0.25, 0.3) is 5.69 Å². The molecule has 0 aliphatic heterocycles. The highest BCUT2D eigenvalue weighted by Crippen LogP contribution is 2.13. The van der Waals surface area contributed by atoms with Gasteiger partial charge in [-0.15, -0.1) is 0 Å². The SMILES string of the molecule is Cc1cc(C(=O)O)cc(-n2cccn2)c1. The topological polar surface area (TPSA) is 55.1 Å². The summed E-state index contributed by atoms with van der Waals surface area (Å²) in [4.78, 5) is 10.8. The molecule has 0 unspecified atom stereocenters. The lowest BCUT2D eigenvalue weighted by Gasteiger charge is -2.04. The van der Waals surface area contributed by atoms with Crippen molar-refractivity contribution in [2.45, 2.75) is 6.92 Å². The Labute approximate surface area is 86.8 Å². The fourth-order valence-corrected chi connectivity index (χ4v) is 1.44. The molecule has 0 radical (unpaired) electrons. The molecule has 0 aliphatic rings. The Balaban J connectivity index is 2.54. The molecule has 4 nitrogen and oxygen atoms in total. The molecule has 0 aliphatic carbocycles. The molecule has 1 aromatic heterocycles. The van der Waals surface area contributed by atoms with Crippen LogP contribution in [0.2, 0.25) is 0 Å². The van der Waals surface area contributed by atoms with Crippen LogP contribution in [0.15, 0.2) is 36.7 Å². The third-order valence-electron chi connectivity index (χ3n) is 2.08. The van der Waals surface area contributed by atoms with Crippen molar-refractivity contribution in [2.24, 2.45) is 0 Å². The summed E-state index contributed by atoms with van der Waals surface area (Å²) in [7, 11) is 0. The Morgan fingerprint density at radius 3 is 2.80 bits per heavy atom.